The third kappa shape index (κ3) is 2.16. The Hall–Kier alpha value is -1.96. The van der Waals surface area contributed by atoms with Crippen molar-refractivity contribution in [3.8, 4) is 11.1 Å². The Labute approximate surface area is 95.0 Å². The number of aryl methyl sites for hydroxylation is 2. The lowest BCUT2D eigenvalue weighted by molar-refractivity contribution is 0.111. The standard InChI is InChI=1S/C14H13NO/c1-10-5-11(2)7-13(6-10)12-3-4-14(9-16)15-8-12/h3-9H,1-2H3. The van der Waals surface area contributed by atoms with Crippen LogP contribution in [0.5, 0.6) is 0 Å². The Bertz CT molecular complexity index is 495. The minimum atomic E-state index is 0.466. The quantitative estimate of drug-likeness (QED) is 0.714. The molecule has 1 heterocycles. The Morgan fingerprint density at radius 3 is 2.19 bits per heavy atom. The van der Waals surface area contributed by atoms with E-state index in [1.807, 2.05) is 6.07 Å². The van der Waals surface area contributed by atoms with E-state index in [0.717, 1.165) is 17.4 Å². The summed E-state index contributed by atoms with van der Waals surface area (Å²) in [5.41, 5.74) is 5.11. The molecule has 0 unspecified atom stereocenters. The molecule has 1 aromatic heterocycles. The molecule has 0 saturated heterocycles. The van der Waals surface area contributed by atoms with Gasteiger partial charge in [0.05, 0.1) is 0 Å². The maximum absolute atomic E-state index is 10.5. The minimum absolute atomic E-state index is 0.466. The van der Waals surface area contributed by atoms with Crippen LogP contribution in [0.4, 0.5) is 0 Å². The van der Waals surface area contributed by atoms with Gasteiger partial charge in [0.25, 0.3) is 0 Å². The molecular formula is C14H13NO. The van der Waals surface area contributed by atoms with E-state index in [2.05, 4.69) is 37.0 Å². The summed E-state index contributed by atoms with van der Waals surface area (Å²) in [6, 6.07) is 10.0. The minimum Gasteiger partial charge on any atom is -0.296 e. The molecule has 2 nitrogen and oxygen atoms in total. The Morgan fingerprint density at radius 1 is 1.00 bits per heavy atom. The molecule has 16 heavy (non-hydrogen) atoms. The van der Waals surface area contributed by atoms with Crippen molar-refractivity contribution in [1.82, 2.24) is 4.98 Å². The summed E-state index contributed by atoms with van der Waals surface area (Å²) in [6.45, 7) is 4.15. The summed E-state index contributed by atoms with van der Waals surface area (Å²) in [7, 11) is 0. The van der Waals surface area contributed by atoms with Crippen molar-refractivity contribution < 1.29 is 4.79 Å². The van der Waals surface area contributed by atoms with Gasteiger partial charge in [-0.05, 0) is 25.5 Å². The van der Waals surface area contributed by atoms with Crippen LogP contribution in [0.3, 0.4) is 0 Å². The molecule has 0 aliphatic heterocycles. The molecule has 0 amide bonds. The van der Waals surface area contributed by atoms with Crippen molar-refractivity contribution >= 4 is 6.29 Å². The Balaban J connectivity index is 2.45. The molecule has 0 saturated carbocycles. The number of hydrogen-bond donors (Lipinski definition) is 0. The molecule has 0 fully saturated rings. The Kier molecular flexibility index (Phi) is 2.82. The maximum atomic E-state index is 10.5. The van der Waals surface area contributed by atoms with Gasteiger partial charge in [-0.2, -0.15) is 0 Å². The van der Waals surface area contributed by atoms with Crippen molar-refractivity contribution in [2.24, 2.45) is 0 Å². The van der Waals surface area contributed by atoms with E-state index in [1.54, 1.807) is 12.3 Å². The van der Waals surface area contributed by atoms with Gasteiger partial charge < -0.3 is 0 Å². The average molecular weight is 211 g/mol. The van der Waals surface area contributed by atoms with Gasteiger partial charge in [-0.15, -0.1) is 0 Å². The van der Waals surface area contributed by atoms with Gasteiger partial charge in [0, 0.05) is 11.8 Å². The van der Waals surface area contributed by atoms with Crippen LogP contribution in [0.2, 0.25) is 0 Å². The zero-order valence-corrected chi connectivity index (χ0v) is 9.40. The van der Waals surface area contributed by atoms with Crippen molar-refractivity contribution in [3.05, 3.63) is 53.3 Å². The number of rotatable bonds is 2. The molecule has 2 rings (SSSR count). The maximum Gasteiger partial charge on any atom is 0.168 e. The first kappa shape index (κ1) is 10.6. The number of aldehydes is 1. The van der Waals surface area contributed by atoms with E-state index in [-0.39, 0.29) is 0 Å². The molecule has 2 aromatic rings. The first-order chi connectivity index (χ1) is 7.69. The number of aromatic nitrogens is 1. The van der Waals surface area contributed by atoms with E-state index >= 15 is 0 Å². The number of carbonyl (C=O) groups excluding carboxylic acids is 1. The highest BCUT2D eigenvalue weighted by atomic mass is 16.1. The van der Waals surface area contributed by atoms with Gasteiger partial charge in [0.1, 0.15) is 5.69 Å². The number of hydrogen-bond acceptors (Lipinski definition) is 2. The zero-order valence-electron chi connectivity index (χ0n) is 9.40. The molecule has 0 atom stereocenters. The molecular weight excluding hydrogens is 198 g/mol. The highest BCUT2D eigenvalue weighted by Crippen LogP contribution is 2.21. The SMILES string of the molecule is Cc1cc(C)cc(-c2ccc(C=O)nc2)c1. The van der Waals surface area contributed by atoms with E-state index in [0.29, 0.717) is 5.69 Å². The summed E-state index contributed by atoms with van der Waals surface area (Å²) in [4.78, 5) is 14.6. The van der Waals surface area contributed by atoms with Crippen LogP contribution in [-0.2, 0) is 0 Å². The highest BCUT2D eigenvalue weighted by Gasteiger charge is 2.00. The molecule has 80 valence electrons. The first-order valence-corrected chi connectivity index (χ1v) is 5.19. The average Bonchev–Trinajstić information content (AvgIpc) is 2.28. The van der Waals surface area contributed by atoms with Crippen LogP contribution in [0, 0.1) is 13.8 Å². The second-order valence-corrected chi connectivity index (χ2v) is 3.97. The Morgan fingerprint density at radius 2 is 1.69 bits per heavy atom. The fraction of sp³-hybridized carbons (Fsp3) is 0.143. The predicted molar refractivity (Wildman–Crippen MR) is 64.5 cm³/mol. The topological polar surface area (TPSA) is 30.0 Å². The predicted octanol–water partition coefficient (Wildman–Crippen LogP) is 3.18. The summed E-state index contributed by atoms with van der Waals surface area (Å²) >= 11 is 0. The van der Waals surface area contributed by atoms with Gasteiger partial charge in [-0.3, -0.25) is 9.78 Å². The molecule has 0 radical (unpaired) electrons. The summed E-state index contributed by atoms with van der Waals surface area (Å²) in [5, 5.41) is 0. The molecule has 0 spiro atoms. The lowest BCUT2D eigenvalue weighted by Crippen LogP contribution is -1.88. The van der Waals surface area contributed by atoms with E-state index in [4.69, 9.17) is 0 Å². The molecule has 1 aromatic carbocycles. The van der Waals surface area contributed by atoms with Gasteiger partial charge >= 0.3 is 0 Å². The molecule has 0 N–H and O–H groups in total. The monoisotopic (exact) mass is 211 g/mol. The number of pyridine rings is 1. The number of nitrogens with zero attached hydrogens (tertiary/aromatic N) is 1. The van der Waals surface area contributed by atoms with Crippen LogP contribution in [0.25, 0.3) is 11.1 Å². The lowest BCUT2D eigenvalue weighted by atomic mass is 10.0. The summed E-state index contributed by atoms with van der Waals surface area (Å²) in [6.07, 6.45) is 2.49. The van der Waals surface area contributed by atoms with Crippen molar-refractivity contribution in [2.75, 3.05) is 0 Å². The summed E-state index contributed by atoms with van der Waals surface area (Å²) in [5.74, 6) is 0. The van der Waals surface area contributed by atoms with Crippen LogP contribution in [-0.4, -0.2) is 11.3 Å². The molecule has 2 heteroatoms. The van der Waals surface area contributed by atoms with Gasteiger partial charge in [0.15, 0.2) is 6.29 Å². The van der Waals surface area contributed by atoms with Gasteiger partial charge in [0.2, 0.25) is 0 Å². The van der Waals surface area contributed by atoms with E-state index in [9.17, 15) is 4.79 Å². The normalized spacial score (nSPS) is 10.1. The molecule has 0 aliphatic rings. The second-order valence-electron chi connectivity index (χ2n) is 3.97. The van der Waals surface area contributed by atoms with E-state index < -0.39 is 0 Å². The van der Waals surface area contributed by atoms with E-state index in [1.165, 1.54) is 11.1 Å². The largest absolute Gasteiger partial charge is 0.296 e. The lowest BCUT2D eigenvalue weighted by Gasteiger charge is -2.04. The second kappa shape index (κ2) is 4.27. The number of carbonyl (C=O) groups is 1. The number of benzene rings is 1. The van der Waals surface area contributed by atoms with Gasteiger partial charge in [-0.25, -0.2) is 0 Å². The zero-order chi connectivity index (χ0) is 11.5. The smallest absolute Gasteiger partial charge is 0.168 e. The van der Waals surface area contributed by atoms with Gasteiger partial charge in [-0.1, -0.05) is 35.4 Å². The highest BCUT2D eigenvalue weighted by molar-refractivity contribution is 5.73. The van der Waals surface area contributed by atoms with Crippen molar-refractivity contribution in [1.29, 1.82) is 0 Å². The van der Waals surface area contributed by atoms with Crippen molar-refractivity contribution in [3.63, 3.8) is 0 Å². The van der Waals surface area contributed by atoms with Crippen LogP contribution < -0.4 is 0 Å². The third-order valence-corrected chi connectivity index (χ3v) is 2.46. The summed E-state index contributed by atoms with van der Waals surface area (Å²) < 4.78 is 0. The van der Waals surface area contributed by atoms with Crippen LogP contribution >= 0.6 is 0 Å². The molecule has 0 bridgehead atoms. The van der Waals surface area contributed by atoms with Crippen LogP contribution in [0.1, 0.15) is 21.6 Å². The first-order valence-electron chi connectivity index (χ1n) is 5.19. The third-order valence-electron chi connectivity index (χ3n) is 2.46. The van der Waals surface area contributed by atoms with Crippen LogP contribution in [0.15, 0.2) is 36.5 Å². The molecule has 0 aliphatic carbocycles. The fourth-order valence-electron chi connectivity index (χ4n) is 1.79. The fourth-order valence-corrected chi connectivity index (χ4v) is 1.79. The van der Waals surface area contributed by atoms with Crippen molar-refractivity contribution in [2.45, 2.75) is 13.8 Å².